The fraction of sp³-hybridized carbons (Fsp3) is 0.440. The maximum Gasteiger partial charge on any atom is 0.254 e. The minimum absolute atomic E-state index is 0.208. The van der Waals surface area contributed by atoms with Crippen LogP contribution in [0.25, 0.3) is 0 Å². The molecule has 2 atom stereocenters. The molecule has 4 N–H and O–H groups in total. The standard InChI is InChI=1S/C25H31FN2O5S/c1-27-25(30)20-14-18(24(29)28-10-7-16-8-11-34(31,32)12-9-16)13-19-22(17-5-3-2-4-6-17)21(15-26)33-23(19)20/h2-6,13-14,16,21-22,31-32H,7-12,15H2,1H3,(H,27,30)(H,28,29)/t21-,22+/m1/s1. The smallest absolute Gasteiger partial charge is 0.254 e. The van der Waals surface area contributed by atoms with Crippen LogP contribution >= 0.6 is 10.6 Å². The fourth-order valence-electron chi connectivity index (χ4n) is 4.78. The van der Waals surface area contributed by atoms with Gasteiger partial charge in [-0.3, -0.25) is 18.7 Å². The second-order valence-corrected chi connectivity index (χ2v) is 11.3. The Morgan fingerprint density at radius 2 is 1.82 bits per heavy atom. The fourth-order valence-corrected chi connectivity index (χ4v) is 6.41. The molecule has 2 amide bonds. The van der Waals surface area contributed by atoms with Crippen LogP contribution in [0.4, 0.5) is 4.39 Å². The molecule has 7 nitrogen and oxygen atoms in total. The van der Waals surface area contributed by atoms with Crippen LogP contribution in [0.3, 0.4) is 0 Å². The number of benzene rings is 2. The predicted octanol–water partition coefficient (Wildman–Crippen LogP) is 4.19. The van der Waals surface area contributed by atoms with Gasteiger partial charge in [-0.25, -0.2) is 4.39 Å². The molecular formula is C25H31FN2O5S. The number of rotatable bonds is 7. The van der Waals surface area contributed by atoms with Crippen molar-refractivity contribution >= 4 is 22.4 Å². The van der Waals surface area contributed by atoms with Crippen molar-refractivity contribution in [3.05, 3.63) is 64.7 Å². The Balaban J connectivity index is 1.55. The highest BCUT2D eigenvalue weighted by Gasteiger charge is 2.39. The van der Waals surface area contributed by atoms with Gasteiger partial charge in [0.25, 0.3) is 11.8 Å². The highest BCUT2D eigenvalue weighted by Crippen LogP contribution is 2.47. The van der Waals surface area contributed by atoms with Crippen molar-refractivity contribution in [2.24, 2.45) is 5.92 Å². The number of hydrogen-bond acceptors (Lipinski definition) is 5. The SMILES string of the molecule is CNC(=O)c1cc(C(=O)NCCC2CCS(O)(O)CC2)cc2c1O[C@H](CF)[C@H]2c1ccccc1. The first-order valence-electron chi connectivity index (χ1n) is 11.5. The molecule has 0 spiro atoms. The summed E-state index contributed by atoms with van der Waals surface area (Å²) in [4.78, 5) is 25.6. The Labute approximate surface area is 200 Å². The molecule has 2 aromatic carbocycles. The number of hydrogen-bond donors (Lipinski definition) is 4. The molecule has 1 fully saturated rings. The zero-order chi connectivity index (χ0) is 24.3. The number of ether oxygens (including phenoxy) is 1. The average molecular weight is 491 g/mol. The van der Waals surface area contributed by atoms with Gasteiger partial charge in [0.1, 0.15) is 18.5 Å². The third-order valence-electron chi connectivity index (χ3n) is 6.68. The Hall–Kier alpha value is -2.62. The van der Waals surface area contributed by atoms with Crippen molar-refractivity contribution in [1.29, 1.82) is 0 Å². The van der Waals surface area contributed by atoms with Crippen LogP contribution in [-0.2, 0) is 0 Å². The summed E-state index contributed by atoms with van der Waals surface area (Å²) >= 11 is 0. The van der Waals surface area contributed by atoms with E-state index in [1.54, 1.807) is 6.07 Å². The number of nitrogens with one attached hydrogen (secondary N) is 2. The van der Waals surface area contributed by atoms with Crippen molar-refractivity contribution in [3.63, 3.8) is 0 Å². The molecule has 2 heterocycles. The van der Waals surface area contributed by atoms with E-state index in [1.807, 2.05) is 30.3 Å². The lowest BCUT2D eigenvalue weighted by molar-refractivity contribution is 0.0950. The topological polar surface area (TPSA) is 108 Å². The molecule has 0 unspecified atom stereocenters. The molecule has 0 saturated carbocycles. The van der Waals surface area contributed by atoms with E-state index in [4.69, 9.17) is 4.74 Å². The maximum absolute atomic E-state index is 13.9. The monoisotopic (exact) mass is 490 g/mol. The molecule has 0 aromatic heterocycles. The van der Waals surface area contributed by atoms with Crippen molar-refractivity contribution in [3.8, 4) is 5.75 Å². The van der Waals surface area contributed by atoms with E-state index >= 15 is 0 Å². The summed E-state index contributed by atoms with van der Waals surface area (Å²) in [7, 11) is -0.923. The molecule has 2 aliphatic heterocycles. The summed E-state index contributed by atoms with van der Waals surface area (Å²) in [5.74, 6) is 0.336. The molecule has 1 saturated heterocycles. The molecule has 2 aromatic rings. The van der Waals surface area contributed by atoms with Gasteiger partial charge in [0.15, 0.2) is 0 Å². The van der Waals surface area contributed by atoms with Gasteiger partial charge in [-0.05, 0) is 42.9 Å². The molecule has 9 heteroatoms. The Kier molecular flexibility index (Phi) is 7.45. The van der Waals surface area contributed by atoms with Crippen molar-refractivity contribution < 1.29 is 27.8 Å². The van der Waals surface area contributed by atoms with Crippen LogP contribution in [-0.4, -0.2) is 58.8 Å². The third-order valence-corrected chi connectivity index (χ3v) is 8.46. The first-order chi connectivity index (χ1) is 16.3. The van der Waals surface area contributed by atoms with E-state index in [1.165, 1.54) is 13.1 Å². The maximum atomic E-state index is 13.9. The molecule has 4 rings (SSSR count). The van der Waals surface area contributed by atoms with Gasteiger partial charge in [-0.2, -0.15) is 10.6 Å². The van der Waals surface area contributed by atoms with Crippen molar-refractivity contribution in [2.45, 2.75) is 31.3 Å². The van der Waals surface area contributed by atoms with E-state index in [0.29, 0.717) is 40.8 Å². The summed E-state index contributed by atoms with van der Waals surface area (Å²) < 4.78 is 39.3. The Bertz CT molecular complexity index is 1040. The van der Waals surface area contributed by atoms with Gasteiger partial charge in [-0.1, -0.05) is 30.3 Å². The van der Waals surface area contributed by atoms with Gasteiger partial charge in [0.2, 0.25) is 0 Å². The number of alkyl halides is 1. The van der Waals surface area contributed by atoms with Crippen LogP contribution in [0.15, 0.2) is 42.5 Å². The van der Waals surface area contributed by atoms with Crippen LogP contribution in [0, 0.1) is 5.92 Å². The number of fused-ring (bicyclic) bond motifs is 1. The first-order valence-corrected chi connectivity index (χ1v) is 13.4. The van der Waals surface area contributed by atoms with E-state index in [-0.39, 0.29) is 11.5 Å². The quantitative estimate of drug-likeness (QED) is 0.466. The van der Waals surface area contributed by atoms with Crippen LogP contribution in [0.2, 0.25) is 0 Å². The summed E-state index contributed by atoms with van der Waals surface area (Å²) in [6, 6.07) is 12.6. The minimum Gasteiger partial charge on any atom is -0.486 e. The minimum atomic E-state index is -2.42. The van der Waals surface area contributed by atoms with Gasteiger partial charge in [-0.15, -0.1) is 0 Å². The highest BCUT2D eigenvalue weighted by atomic mass is 32.3. The predicted molar refractivity (Wildman–Crippen MR) is 131 cm³/mol. The number of amides is 2. The Morgan fingerprint density at radius 1 is 1.12 bits per heavy atom. The summed E-state index contributed by atoms with van der Waals surface area (Å²) in [6.45, 7) is -0.282. The van der Waals surface area contributed by atoms with Gasteiger partial charge in [0, 0.05) is 36.2 Å². The average Bonchev–Trinajstić information content (AvgIpc) is 3.23. The lowest BCUT2D eigenvalue weighted by Gasteiger charge is -2.39. The van der Waals surface area contributed by atoms with Gasteiger partial charge >= 0.3 is 0 Å². The van der Waals surface area contributed by atoms with E-state index in [9.17, 15) is 23.1 Å². The van der Waals surface area contributed by atoms with E-state index in [2.05, 4.69) is 10.6 Å². The third kappa shape index (κ3) is 5.21. The largest absolute Gasteiger partial charge is 0.486 e. The second kappa shape index (κ2) is 10.3. The number of carbonyl (C=O) groups is 2. The summed E-state index contributed by atoms with van der Waals surface area (Å²) in [5.41, 5.74) is 2.00. The number of carbonyl (C=O) groups excluding carboxylic acids is 2. The summed E-state index contributed by atoms with van der Waals surface area (Å²) in [5, 5.41) is 5.49. The Morgan fingerprint density at radius 3 is 2.47 bits per heavy atom. The molecule has 0 aliphatic carbocycles. The van der Waals surface area contributed by atoms with Crippen LogP contribution in [0.5, 0.6) is 5.75 Å². The van der Waals surface area contributed by atoms with Crippen LogP contribution in [0.1, 0.15) is 57.0 Å². The summed E-state index contributed by atoms with van der Waals surface area (Å²) in [6.07, 6.45) is 1.43. The molecule has 0 bridgehead atoms. The molecule has 2 aliphatic rings. The van der Waals surface area contributed by atoms with E-state index in [0.717, 1.165) is 24.8 Å². The first kappa shape index (κ1) is 24.5. The zero-order valence-corrected chi connectivity index (χ0v) is 19.9. The van der Waals surface area contributed by atoms with Crippen molar-refractivity contribution in [2.75, 3.05) is 31.8 Å². The number of halogens is 1. The van der Waals surface area contributed by atoms with E-state index < -0.39 is 35.2 Å². The lowest BCUT2D eigenvalue weighted by Crippen LogP contribution is -2.29. The molecular weight excluding hydrogens is 459 g/mol. The second-order valence-electron chi connectivity index (χ2n) is 8.92. The molecule has 34 heavy (non-hydrogen) atoms. The highest BCUT2D eigenvalue weighted by molar-refractivity contribution is 8.24. The lowest BCUT2D eigenvalue weighted by atomic mass is 9.86. The zero-order valence-electron chi connectivity index (χ0n) is 19.1. The molecule has 0 radical (unpaired) electrons. The molecule has 184 valence electrons. The van der Waals surface area contributed by atoms with Crippen molar-refractivity contribution in [1.82, 2.24) is 10.6 Å². The normalized spacial score (nSPS) is 22.4. The van der Waals surface area contributed by atoms with Gasteiger partial charge < -0.3 is 15.4 Å². The van der Waals surface area contributed by atoms with Gasteiger partial charge in [0.05, 0.1) is 11.5 Å². The van der Waals surface area contributed by atoms with Crippen LogP contribution < -0.4 is 15.4 Å².